The van der Waals surface area contributed by atoms with Crippen LogP contribution in [0.25, 0.3) is 0 Å². The minimum Gasteiger partial charge on any atom is -0.733 e. The van der Waals surface area contributed by atoms with Gasteiger partial charge in [-0.05, 0) is 47.4 Å². The molecule has 0 saturated carbocycles. The number of anilines is 1. The van der Waals surface area contributed by atoms with E-state index >= 15 is 0 Å². The van der Waals surface area contributed by atoms with Gasteiger partial charge in [-0.3, -0.25) is 10.0 Å². The van der Waals surface area contributed by atoms with Crippen LogP contribution < -0.4 is 14.7 Å². The lowest BCUT2D eigenvalue weighted by Gasteiger charge is -2.38. The predicted octanol–water partition coefficient (Wildman–Crippen LogP) is 2.89. The zero-order chi connectivity index (χ0) is 18.8. The average molecular weight is 357 g/mol. The Labute approximate surface area is 151 Å². The summed E-state index contributed by atoms with van der Waals surface area (Å²) in [4.78, 5) is 14.0. The van der Waals surface area contributed by atoms with Gasteiger partial charge in [0.05, 0.1) is 25.9 Å². The summed E-state index contributed by atoms with van der Waals surface area (Å²) in [5, 5.41) is 19.9. The fraction of sp³-hybridized carbons (Fsp3) is 0.316. The van der Waals surface area contributed by atoms with Crippen LogP contribution in [0.15, 0.2) is 36.4 Å². The van der Waals surface area contributed by atoms with Crippen LogP contribution >= 0.6 is 0 Å². The molecule has 1 aliphatic rings. The molecule has 1 aliphatic heterocycles. The van der Waals surface area contributed by atoms with Gasteiger partial charge in [0.25, 0.3) is 0 Å². The van der Waals surface area contributed by atoms with Crippen LogP contribution in [0, 0.1) is 5.21 Å². The van der Waals surface area contributed by atoms with E-state index < -0.39 is 0 Å². The molecule has 7 heteroatoms. The molecule has 7 nitrogen and oxygen atoms in total. The number of nitrogens with zero attached hydrogens (tertiary/aromatic N) is 2. The summed E-state index contributed by atoms with van der Waals surface area (Å²) in [7, 11) is 3.17. The molecule has 0 saturated heterocycles. The van der Waals surface area contributed by atoms with Gasteiger partial charge in [0.1, 0.15) is 0 Å². The third-order valence-electron chi connectivity index (χ3n) is 4.71. The minimum absolute atomic E-state index is 0.0351. The Kier molecular flexibility index (Phi) is 5.01. The number of amides is 1. The Morgan fingerprint density at radius 2 is 1.81 bits per heavy atom. The fourth-order valence-electron chi connectivity index (χ4n) is 3.43. The van der Waals surface area contributed by atoms with Crippen molar-refractivity contribution in [2.24, 2.45) is 0 Å². The zero-order valence-corrected chi connectivity index (χ0v) is 14.9. The SMILES string of the molecule is COc1cc2c(cc1OC)[C@H](c1ccc(N([O-])O)cc1)N(C(C)=O)CC2. The second-order valence-corrected chi connectivity index (χ2v) is 6.14. The van der Waals surface area contributed by atoms with E-state index in [9.17, 15) is 10.0 Å². The van der Waals surface area contributed by atoms with Crippen molar-refractivity contribution in [2.75, 3.05) is 26.0 Å². The summed E-state index contributed by atoms with van der Waals surface area (Å²) in [5.74, 6) is 1.21. The van der Waals surface area contributed by atoms with Crippen LogP contribution in [-0.2, 0) is 11.2 Å². The molecule has 2 aromatic rings. The van der Waals surface area contributed by atoms with Gasteiger partial charge < -0.3 is 24.8 Å². The van der Waals surface area contributed by atoms with Crippen molar-refractivity contribution >= 4 is 11.6 Å². The number of rotatable bonds is 4. The second kappa shape index (κ2) is 7.23. The Morgan fingerprint density at radius 3 is 2.35 bits per heavy atom. The molecule has 0 radical (unpaired) electrons. The van der Waals surface area contributed by atoms with Crippen LogP contribution in [0.4, 0.5) is 5.69 Å². The van der Waals surface area contributed by atoms with E-state index in [0.717, 1.165) is 23.1 Å². The molecule has 0 fully saturated rings. The lowest BCUT2D eigenvalue weighted by atomic mass is 9.87. The van der Waals surface area contributed by atoms with E-state index in [0.29, 0.717) is 18.0 Å². The minimum atomic E-state index is -0.302. The lowest BCUT2D eigenvalue weighted by molar-refractivity contribution is -0.130. The largest absolute Gasteiger partial charge is 0.733 e. The van der Waals surface area contributed by atoms with Crippen molar-refractivity contribution in [1.82, 2.24) is 4.90 Å². The van der Waals surface area contributed by atoms with Crippen molar-refractivity contribution in [2.45, 2.75) is 19.4 Å². The van der Waals surface area contributed by atoms with Crippen LogP contribution in [-0.4, -0.2) is 36.8 Å². The molecule has 0 aromatic heterocycles. The van der Waals surface area contributed by atoms with Crippen molar-refractivity contribution in [1.29, 1.82) is 0 Å². The van der Waals surface area contributed by atoms with Gasteiger partial charge in [-0.15, -0.1) is 0 Å². The first-order chi connectivity index (χ1) is 12.5. The number of carbonyl (C=O) groups excluding carboxylic acids is 1. The third-order valence-corrected chi connectivity index (χ3v) is 4.71. The molecular formula is C19H21N2O5-. The molecule has 1 N–H and O–H groups in total. The zero-order valence-electron chi connectivity index (χ0n) is 14.9. The average Bonchev–Trinajstić information content (AvgIpc) is 2.65. The van der Waals surface area contributed by atoms with Gasteiger partial charge in [0.2, 0.25) is 5.91 Å². The maximum absolute atomic E-state index is 12.2. The first kappa shape index (κ1) is 18.0. The summed E-state index contributed by atoms with van der Waals surface area (Å²) in [5.41, 5.74) is 3.02. The highest BCUT2D eigenvalue weighted by Gasteiger charge is 2.31. The number of benzene rings is 2. The predicted molar refractivity (Wildman–Crippen MR) is 96.6 cm³/mol. The van der Waals surface area contributed by atoms with Crippen molar-refractivity contribution < 1.29 is 19.5 Å². The number of fused-ring (bicyclic) bond motifs is 1. The first-order valence-electron chi connectivity index (χ1n) is 8.24. The number of hydrogen-bond acceptors (Lipinski definition) is 6. The maximum Gasteiger partial charge on any atom is 0.220 e. The molecule has 1 atom stereocenters. The standard InChI is InChI=1S/C19H21N2O5/c1-12(22)20-9-8-14-10-17(25-2)18(26-3)11-16(14)19(20)13-4-6-15(7-5-13)21(23)24/h4-7,10-11,19,23H,8-9H2,1-3H3/q-1/t19-/m0/s1. The molecule has 0 bridgehead atoms. The Hall–Kier alpha value is -2.77. The second-order valence-electron chi connectivity index (χ2n) is 6.14. The molecule has 1 heterocycles. The van der Waals surface area contributed by atoms with Gasteiger partial charge in [0, 0.05) is 13.5 Å². The number of hydrogen-bond donors (Lipinski definition) is 1. The van der Waals surface area contributed by atoms with Crippen molar-refractivity contribution in [3.8, 4) is 11.5 Å². The molecule has 0 aliphatic carbocycles. The first-order valence-corrected chi connectivity index (χ1v) is 8.24. The molecule has 26 heavy (non-hydrogen) atoms. The fourth-order valence-corrected chi connectivity index (χ4v) is 3.43. The Bertz CT molecular complexity index is 804. The summed E-state index contributed by atoms with van der Waals surface area (Å²) < 4.78 is 10.8. The Morgan fingerprint density at radius 1 is 1.19 bits per heavy atom. The molecule has 0 unspecified atom stereocenters. The van der Waals surface area contributed by atoms with Gasteiger partial charge in [-0.1, -0.05) is 12.1 Å². The van der Waals surface area contributed by atoms with E-state index in [1.807, 2.05) is 12.1 Å². The number of methoxy groups -OCH3 is 2. The summed E-state index contributed by atoms with van der Waals surface area (Å²) in [6.07, 6.45) is 0.717. The van der Waals surface area contributed by atoms with Crippen molar-refractivity contribution in [3.05, 3.63) is 58.3 Å². The highest BCUT2D eigenvalue weighted by atomic mass is 16.8. The molecule has 0 spiro atoms. The quantitative estimate of drug-likeness (QED) is 0.847. The molecule has 1 amide bonds. The summed E-state index contributed by atoms with van der Waals surface area (Å²) >= 11 is 0. The van der Waals surface area contributed by atoms with Crippen LogP contribution in [0.5, 0.6) is 11.5 Å². The van der Waals surface area contributed by atoms with E-state index in [2.05, 4.69) is 0 Å². The van der Waals surface area contributed by atoms with E-state index in [1.165, 1.54) is 12.1 Å². The topological polar surface area (TPSA) is 85.3 Å². The van der Waals surface area contributed by atoms with Crippen LogP contribution in [0.2, 0.25) is 0 Å². The van der Waals surface area contributed by atoms with E-state index in [4.69, 9.17) is 14.7 Å². The normalized spacial score (nSPS) is 16.0. The molecular weight excluding hydrogens is 336 g/mol. The van der Waals surface area contributed by atoms with E-state index in [1.54, 1.807) is 38.2 Å². The molecule has 138 valence electrons. The molecule has 2 aromatic carbocycles. The maximum atomic E-state index is 12.2. The van der Waals surface area contributed by atoms with Gasteiger partial charge in [0.15, 0.2) is 11.5 Å². The monoisotopic (exact) mass is 357 g/mol. The van der Waals surface area contributed by atoms with Gasteiger partial charge in [-0.25, -0.2) is 0 Å². The highest BCUT2D eigenvalue weighted by Crippen LogP contribution is 2.41. The van der Waals surface area contributed by atoms with Gasteiger partial charge >= 0.3 is 0 Å². The smallest absolute Gasteiger partial charge is 0.220 e. The number of carbonyl (C=O) groups is 1. The highest BCUT2D eigenvalue weighted by molar-refractivity contribution is 5.75. The molecule has 3 rings (SSSR count). The third kappa shape index (κ3) is 3.18. The van der Waals surface area contributed by atoms with Crippen LogP contribution in [0.3, 0.4) is 0 Å². The lowest BCUT2D eigenvalue weighted by Crippen LogP contribution is -2.39. The summed E-state index contributed by atoms with van der Waals surface area (Å²) in [6, 6.07) is 10.1. The van der Waals surface area contributed by atoms with Gasteiger partial charge in [-0.2, -0.15) is 0 Å². The number of ether oxygens (including phenoxy) is 2. The Balaban J connectivity index is 2.12. The van der Waals surface area contributed by atoms with Crippen LogP contribution in [0.1, 0.15) is 29.7 Å². The van der Waals surface area contributed by atoms with Crippen molar-refractivity contribution in [3.63, 3.8) is 0 Å². The van der Waals surface area contributed by atoms with E-state index in [-0.39, 0.29) is 22.9 Å². The summed E-state index contributed by atoms with van der Waals surface area (Å²) in [6.45, 7) is 2.12.